The van der Waals surface area contributed by atoms with Crippen LogP contribution >= 0.6 is 0 Å². The number of rotatable bonds is 7. The molecule has 0 unspecified atom stereocenters. The molecule has 13 rings (SSSR count). The highest BCUT2D eigenvalue weighted by atomic mass is 16.3. The number of hydrogen-bond acceptors (Lipinski definition) is 2. The number of fused-ring (bicyclic) bond motifs is 9. The van der Waals surface area contributed by atoms with E-state index in [9.17, 15) is 0 Å². The maximum Gasteiger partial charge on any atom is 0.143 e. The average Bonchev–Trinajstić information content (AvgIpc) is 3.94. The summed E-state index contributed by atoms with van der Waals surface area (Å²) in [5.74, 6) is 0. The normalized spacial score (nSPS) is 11.7. The maximum atomic E-state index is 6.71. The predicted octanol–water partition coefficient (Wildman–Crippen LogP) is 17.5. The first-order valence-corrected chi connectivity index (χ1v) is 22.2. The van der Waals surface area contributed by atoms with E-state index in [1.54, 1.807) is 0 Å². The van der Waals surface area contributed by atoms with Gasteiger partial charge in [-0.2, -0.15) is 0 Å². The summed E-state index contributed by atoms with van der Waals surface area (Å²) in [7, 11) is 0. The fraction of sp³-hybridized carbons (Fsp3) is 0. The summed E-state index contributed by atoms with van der Waals surface area (Å²) in [5, 5.41) is 9.49. The van der Waals surface area contributed by atoms with Gasteiger partial charge in [0.2, 0.25) is 0 Å². The average molecular weight is 829 g/mol. The first kappa shape index (κ1) is 36.9. The summed E-state index contributed by atoms with van der Waals surface area (Å²) in [4.78, 5) is 2.37. The second kappa shape index (κ2) is 15.0. The molecule has 13 aromatic rings. The second-order valence-electron chi connectivity index (χ2n) is 16.9. The number of hydrogen-bond donors (Lipinski definition) is 0. The van der Waals surface area contributed by atoms with Crippen molar-refractivity contribution in [3.8, 4) is 39.1 Å². The Labute approximate surface area is 376 Å². The van der Waals surface area contributed by atoms with Crippen molar-refractivity contribution in [3.05, 3.63) is 243 Å². The molecule has 3 heteroatoms. The number of aromatic nitrogens is 1. The van der Waals surface area contributed by atoms with Gasteiger partial charge in [0, 0.05) is 38.6 Å². The molecule has 0 aliphatic rings. The number of benzene rings is 11. The summed E-state index contributed by atoms with van der Waals surface area (Å²) in [5.41, 5.74) is 15.6. The summed E-state index contributed by atoms with van der Waals surface area (Å²) in [6.45, 7) is 0. The van der Waals surface area contributed by atoms with Gasteiger partial charge in [0.1, 0.15) is 11.2 Å². The van der Waals surface area contributed by atoms with Gasteiger partial charge in [0.05, 0.1) is 22.1 Å². The van der Waals surface area contributed by atoms with E-state index in [-0.39, 0.29) is 0 Å². The van der Waals surface area contributed by atoms with E-state index in [1.165, 1.54) is 49.3 Å². The number of furan rings is 1. The lowest BCUT2D eigenvalue weighted by Gasteiger charge is -2.26. The fourth-order valence-corrected chi connectivity index (χ4v) is 10.1. The van der Waals surface area contributed by atoms with Crippen LogP contribution in [0.3, 0.4) is 0 Å². The minimum Gasteiger partial charge on any atom is -0.455 e. The molecule has 304 valence electrons. The van der Waals surface area contributed by atoms with Gasteiger partial charge in [-0.25, -0.2) is 0 Å². The molecule has 0 atom stereocenters. The van der Waals surface area contributed by atoms with Crippen LogP contribution in [0.25, 0.3) is 104 Å². The van der Waals surface area contributed by atoms with Crippen molar-refractivity contribution < 1.29 is 4.42 Å². The van der Waals surface area contributed by atoms with Crippen molar-refractivity contribution >= 4 is 82.4 Å². The first-order valence-electron chi connectivity index (χ1n) is 22.2. The standard InChI is InChI=1S/C62H40N2O/c1-3-17-51-44(12-1)14-10-21-52(51)46-28-26-41(27-29-46)42-30-35-48(36-31-42)63(59-24-11-25-60-61(59)56-39-34-45-13-2-4-18-53(45)62(56)65-60)49-37-32-43(33-38-49)47-15-9-16-50(40-47)64-57-22-7-5-19-54(57)55-20-6-8-23-58(55)64/h1-40H. The Morgan fingerprint density at radius 3 is 1.55 bits per heavy atom. The van der Waals surface area contributed by atoms with Gasteiger partial charge >= 0.3 is 0 Å². The molecule has 0 fully saturated rings. The number of para-hydroxylation sites is 2. The smallest absolute Gasteiger partial charge is 0.143 e. The molecule has 3 nitrogen and oxygen atoms in total. The molecule has 0 saturated heterocycles. The summed E-state index contributed by atoms with van der Waals surface area (Å²) < 4.78 is 9.10. The summed E-state index contributed by atoms with van der Waals surface area (Å²) in [6.07, 6.45) is 0. The summed E-state index contributed by atoms with van der Waals surface area (Å²) in [6, 6.07) is 87.6. The third kappa shape index (κ3) is 6.12. The Balaban J connectivity index is 0.907. The highest BCUT2D eigenvalue weighted by molar-refractivity contribution is 6.19. The lowest BCUT2D eigenvalue weighted by molar-refractivity contribution is 0.672. The van der Waals surface area contributed by atoms with Crippen molar-refractivity contribution in [2.45, 2.75) is 0 Å². The molecule has 0 N–H and O–H groups in total. The molecule has 0 spiro atoms. The lowest BCUT2D eigenvalue weighted by atomic mass is 9.96. The molecule has 0 aliphatic heterocycles. The Bertz CT molecular complexity index is 3870. The quantitative estimate of drug-likeness (QED) is 0.160. The van der Waals surface area contributed by atoms with Gasteiger partial charge in [-0.05, 0) is 116 Å². The molecule has 0 radical (unpaired) electrons. The Kier molecular flexibility index (Phi) is 8.53. The van der Waals surface area contributed by atoms with Crippen LogP contribution in [0.1, 0.15) is 0 Å². The van der Waals surface area contributed by atoms with E-state index in [4.69, 9.17) is 4.42 Å². The minimum atomic E-state index is 0.861. The summed E-state index contributed by atoms with van der Waals surface area (Å²) >= 11 is 0. The van der Waals surface area contributed by atoms with Gasteiger partial charge < -0.3 is 13.9 Å². The van der Waals surface area contributed by atoms with Gasteiger partial charge in [0.15, 0.2) is 0 Å². The molecule has 11 aromatic carbocycles. The molecule has 0 amide bonds. The largest absolute Gasteiger partial charge is 0.455 e. The maximum absolute atomic E-state index is 6.71. The van der Waals surface area contributed by atoms with E-state index in [0.29, 0.717) is 0 Å². The van der Waals surface area contributed by atoms with Gasteiger partial charge in [0.25, 0.3) is 0 Å². The van der Waals surface area contributed by atoms with E-state index >= 15 is 0 Å². The molecule has 0 saturated carbocycles. The van der Waals surface area contributed by atoms with Gasteiger partial charge in [-0.3, -0.25) is 0 Å². The SMILES string of the molecule is c1cc(-c2ccc(N(c3ccc(-c4ccc(-c5cccc6ccccc56)cc4)cc3)c3cccc4oc5c6ccccc6ccc5c34)cc2)cc(-n2c3ccccc3c3ccccc32)c1. The Morgan fingerprint density at radius 1 is 0.338 bits per heavy atom. The molecular formula is C62H40N2O. The van der Waals surface area contributed by atoms with E-state index in [0.717, 1.165) is 72.2 Å². The van der Waals surface area contributed by atoms with Crippen LogP contribution in [0.4, 0.5) is 17.1 Å². The molecular weight excluding hydrogens is 789 g/mol. The molecule has 0 bridgehead atoms. The van der Waals surface area contributed by atoms with Crippen molar-refractivity contribution in [1.29, 1.82) is 0 Å². The van der Waals surface area contributed by atoms with Crippen molar-refractivity contribution in [2.24, 2.45) is 0 Å². The Morgan fingerprint density at radius 2 is 0.862 bits per heavy atom. The van der Waals surface area contributed by atoms with Crippen molar-refractivity contribution in [2.75, 3.05) is 4.90 Å². The van der Waals surface area contributed by atoms with Crippen molar-refractivity contribution in [3.63, 3.8) is 0 Å². The third-order valence-electron chi connectivity index (χ3n) is 13.2. The van der Waals surface area contributed by atoms with E-state index in [2.05, 4.69) is 252 Å². The lowest BCUT2D eigenvalue weighted by Crippen LogP contribution is -2.10. The number of anilines is 3. The van der Waals surface area contributed by atoms with Crippen LogP contribution in [0.5, 0.6) is 0 Å². The molecule has 2 heterocycles. The minimum absolute atomic E-state index is 0.861. The molecule has 65 heavy (non-hydrogen) atoms. The molecule has 0 aliphatic carbocycles. The predicted molar refractivity (Wildman–Crippen MR) is 274 cm³/mol. The van der Waals surface area contributed by atoms with Gasteiger partial charge in [-0.1, -0.05) is 176 Å². The van der Waals surface area contributed by atoms with Crippen LogP contribution in [-0.4, -0.2) is 4.57 Å². The van der Waals surface area contributed by atoms with Crippen LogP contribution in [0.15, 0.2) is 247 Å². The highest BCUT2D eigenvalue weighted by Crippen LogP contribution is 2.45. The number of nitrogens with zero attached hydrogens (tertiary/aromatic N) is 2. The topological polar surface area (TPSA) is 21.3 Å². The van der Waals surface area contributed by atoms with Crippen LogP contribution < -0.4 is 4.90 Å². The fourth-order valence-electron chi connectivity index (χ4n) is 10.1. The van der Waals surface area contributed by atoms with Gasteiger partial charge in [-0.15, -0.1) is 0 Å². The second-order valence-corrected chi connectivity index (χ2v) is 16.9. The van der Waals surface area contributed by atoms with Crippen LogP contribution in [0.2, 0.25) is 0 Å². The first-order chi connectivity index (χ1) is 32.2. The zero-order valence-corrected chi connectivity index (χ0v) is 35.4. The highest BCUT2D eigenvalue weighted by Gasteiger charge is 2.21. The third-order valence-corrected chi connectivity index (χ3v) is 13.2. The van der Waals surface area contributed by atoms with E-state index < -0.39 is 0 Å². The monoisotopic (exact) mass is 828 g/mol. The molecule has 2 aromatic heterocycles. The van der Waals surface area contributed by atoms with Crippen LogP contribution in [0, 0.1) is 0 Å². The zero-order chi connectivity index (χ0) is 42.8. The van der Waals surface area contributed by atoms with E-state index in [1.807, 2.05) is 0 Å². The van der Waals surface area contributed by atoms with Crippen LogP contribution in [-0.2, 0) is 0 Å². The zero-order valence-electron chi connectivity index (χ0n) is 35.4. The van der Waals surface area contributed by atoms with Crippen molar-refractivity contribution in [1.82, 2.24) is 4.57 Å². The Hall–Kier alpha value is -8.66.